The Morgan fingerprint density at radius 1 is 1.41 bits per heavy atom. The van der Waals surface area contributed by atoms with E-state index in [-0.39, 0.29) is 11.2 Å². The Kier molecular flexibility index (Phi) is 4.73. The number of carbonyl (C=O) groups is 1. The molecular weight excluding hydrogens is 318 g/mol. The first-order valence-electron chi connectivity index (χ1n) is 7.06. The number of nitrogens with zero attached hydrogens (tertiary/aromatic N) is 3. The highest BCUT2D eigenvalue weighted by Crippen LogP contribution is 2.31. The van der Waals surface area contributed by atoms with Crippen LogP contribution < -0.4 is 4.90 Å². The van der Waals surface area contributed by atoms with Gasteiger partial charge in [0.25, 0.3) is 5.22 Å². The minimum Gasteiger partial charge on any atom is -0.415 e. The van der Waals surface area contributed by atoms with Crippen LogP contribution in [-0.2, 0) is 17.0 Å². The molecule has 22 heavy (non-hydrogen) atoms. The molecule has 0 bridgehead atoms. The van der Waals surface area contributed by atoms with E-state index in [4.69, 9.17) is 4.42 Å². The molecule has 1 amide bonds. The maximum atomic E-state index is 12.7. The lowest BCUT2D eigenvalue weighted by Gasteiger charge is -2.20. The Balaban J connectivity index is 1.67. The highest BCUT2D eigenvalue weighted by Gasteiger charge is 2.29. The molecule has 1 atom stereocenters. The third-order valence-corrected chi connectivity index (χ3v) is 4.95. The fourth-order valence-corrected chi connectivity index (χ4v) is 3.58. The van der Waals surface area contributed by atoms with Gasteiger partial charge in [0.15, 0.2) is 0 Å². The van der Waals surface area contributed by atoms with E-state index in [2.05, 4.69) is 16.3 Å². The Hall–Kier alpha value is -1.47. The van der Waals surface area contributed by atoms with Crippen molar-refractivity contribution in [3.63, 3.8) is 0 Å². The van der Waals surface area contributed by atoms with Crippen molar-refractivity contribution in [3.8, 4) is 0 Å². The van der Waals surface area contributed by atoms with Crippen molar-refractivity contribution >= 4 is 35.1 Å². The monoisotopic (exact) mass is 335 g/mol. The predicted octanol–water partition coefficient (Wildman–Crippen LogP) is 3.00. The summed E-state index contributed by atoms with van der Waals surface area (Å²) in [7, 11) is 0. The number of thioether (sulfide) groups is 2. The Morgan fingerprint density at radius 2 is 2.23 bits per heavy atom. The topological polar surface area (TPSA) is 59.2 Å². The number of aromatic nitrogens is 2. The fraction of sp³-hybridized carbons (Fsp3) is 0.400. The van der Waals surface area contributed by atoms with Gasteiger partial charge in [-0.15, -0.1) is 10.2 Å². The lowest BCUT2D eigenvalue weighted by atomic mass is 10.2. The van der Waals surface area contributed by atoms with Crippen molar-refractivity contribution in [1.29, 1.82) is 0 Å². The summed E-state index contributed by atoms with van der Waals surface area (Å²) in [4.78, 5) is 14.5. The number of para-hydroxylation sites is 1. The van der Waals surface area contributed by atoms with Crippen LogP contribution in [-0.4, -0.2) is 34.2 Å². The van der Waals surface area contributed by atoms with Gasteiger partial charge in [-0.2, -0.15) is 11.8 Å². The third-order valence-electron chi connectivity index (χ3n) is 3.49. The summed E-state index contributed by atoms with van der Waals surface area (Å²) in [5.74, 6) is 1.37. The second kappa shape index (κ2) is 6.75. The van der Waals surface area contributed by atoms with Gasteiger partial charge < -0.3 is 9.32 Å². The Labute approximate surface area is 137 Å². The van der Waals surface area contributed by atoms with Crippen LogP contribution in [0.2, 0.25) is 0 Å². The zero-order valence-corrected chi connectivity index (χ0v) is 14.1. The first kappa shape index (κ1) is 15.4. The number of hydrogen-bond acceptors (Lipinski definition) is 6. The zero-order chi connectivity index (χ0) is 15.5. The molecule has 0 radical (unpaired) electrons. The first-order chi connectivity index (χ1) is 10.7. The predicted molar refractivity (Wildman–Crippen MR) is 89.3 cm³/mol. The highest BCUT2D eigenvalue weighted by molar-refractivity contribution is 8.00. The van der Waals surface area contributed by atoms with Gasteiger partial charge in [0.05, 0.1) is 11.0 Å². The van der Waals surface area contributed by atoms with Crippen molar-refractivity contribution in [3.05, 3.63) is 35.7 Å². The van der Waals surface area contributed by atoms with Crippen LogP contribution >= 0.6 is 23.5 Å². The van der Waals surface area contributed by atoms with Crippen LogP contribution in [0.5, 0.6) is 0 Å². The summed E-state index contributed by atoms with van der Waals surface area (Å²) in [6.45, 7) is 2.62. The quantitative estimate of drug-likeness (QED) is 0.783. The number of amides is 1. The van der Waals surface area contributed by atoms with Crippen molar-refractivity contribution in [2.75, 3.05) is 17.7 Å². The Bertz CT molecular complexity index is 674. The van der Waals surface area contributed by atoms with Gasteiger partial charge in [-0.05, 0) is 31.2 Å². The second-order valence-electron chi connectivity index (χ2n) is 5.02. The third kappa shape index (κ3) is 3.15. The number of benzene rings is 1. The molecule has 3 rings (SSSR count). The molecule has 1 aromatic carbocycles. The molecule has 0 N–H and O–H groups in total. The first-order valence-corrected chi connectivity index (χ1v) is 9.33. The van der Waals surface area contributed by atoms with Gasteiger partial charge in [-0.3, -0.25) is 4.79 Å². The molecule has 2 aromatic rings. The summed E-state index contributed by atoms with van der Waals surface area (Å²) in [6, 6.07) is 8.06. The second-order valence-corrected chi connectivity index (χ2v) is 7.18. The molecular formula is C15H17N3O2S2. The molecule has 0 spiro atoms. The maximum absolute atomic E-state index is 12.7. The van der Waals surface area contributed by atoms with Crippen molar-refractivity contribution in [2.24, 2.45) is 0 Å². The minimum absolute atomic E-state index is 0.0829. The normalized spacial score (nSPS) is 14.9. The van der Waals surface area contributed by atoms with Gasteiger partial charge in [-0.1, -0.05) is 30.0 Å². The maximum Gasteiger partial charge on any atom is 0.277 e. The van der Waals surface area contributed by atoms with Crippen LogP contribution in [0.15, 0.2) is 33.9 Å². The smallest absolute Gasteiger partial charge is 0.277 e. The number of anilines is 1. The molecule has 0 aliphatic carbocycles. The number of fused-ring (bicyclic) bond motifs is 1. The van der Waals surface area contributed by atoms with E-state index in [1.54, 1.807) is 11.8 Å². The highest BCUT2D eigenvalue weighted by atomic mass is 32.2. The van der Waals surface area contributed by atoms with Crippen LogP contribution in [0.3, 0.4) is 0 Å². The molecule has 7 heteroatoms. The molecule has 2 heterocycles. The summed E-state index contributed by atoms with van der Waals surface area (Å²) < 4.78 is 5.53. The van der Waals surface area contributed by atoms with E-state index in [1.807, 2.05) is 36.3 Å². The molecule has 1 unspecified atom stereocenters. The van der Waals surface area contributed by atoms with E-state index in [0.29, 0.717) is 16.9 Å². The Morgan fingerprint density at radius 3 is 3.05 bits per heavy atom. The minimum atomic E-state index is -0.256. The van der Waals surface area contributed by atoms with Crippen LogP contribution in [0, 0.1) is 0 Å². The summed E-state index contributed by atoms with van der Waals surface area (Å²) >= 11 is 2.94. The molecule has 5 nitrogen and oxygen atoms in total. The van der Waals surface area contributed by atoms with Crippen LogP contribution in [0.1, 0.15) is 18.4 Å². The average Bonchev–Trinajstić information content (AvgIpc) is 3.13. The van der Waals surface area contributed by atoms with Crippen molar-refractivity contribution in [2.45, 2.75) is 29.6 Å². The summed E-state index contributed by atoms with van der Waals surface area (Å²) in [5, 5.41) is 8.16. The lowest BCUT2D eigenvalue weighted by molar-refractivity contribution is -0.117. The molecule has 0 fully saturated rings. The van der Waals surface area contributed by atoms with Gasteiger partial charge in [0.2, 0.25) is 11.8 Å². The van der Waals surface area contributed by atoms with Gasteiger partial charge in [0, 0.05) is 12.2 Å². The van der Waals surface area contributed by atoms with Crippen molar-refractivity contribution in [1.82, 2.24) is 10.2 Å². The standard InChI is InChI=1S/C15H17N3O2S2/c1-10(22-15-17-16-13(20-15)9-21-2)14(19)18-8-7-11-5-3-4-6-12(11)18/h3-6,10H,7-9H2,1-2H3. The zero-order valence-electron chi connectivity index (χ0n) is 12.5. The summed E-state index contributed by atoms with van der Waals surface area (Å²) in [5.41, 5.74) is 2.25. The van der Waals surface area contributed by atoms with Gasteiger partial charge in [0.1, 0.15) is 0 Å². The fourth-order valence-electron chi connectivity index (χ4n) is 2.46. The van der Waals surface area contributed by atoms with Crippen molar-refractivity contribution < 1.29 is 9.21 Å². The largest absolute Gasteiger partial charge is 0.415 e. The summed E-state index contributed by atoms with van der Waals surface area (Å²) in [6.07, 6.45) is 2.89. The average molecular weight is 335 g/mol. The van der Waals surface area contributed by atoms with Crippen LogP contribution in [0.25, 0.3) is 0 Å². The van der Waals surface area contributed by atoms with Crippen LogP contribution in [0.4, 0.5) is 5.69 Å². The molecule has 0 saturated heterocycles. The van der Waals surface area contributed by atoms with E-state index in [9.17, 15) is 4.79 Å². The molecule has 1 aliphatic heterocycles. The molecule has 116 valence electrons. The van der Waals surface area contributed by atoms with E-state index in [1.165, 1.54) is 17.3 Å². The number of rotatable bonds is 5. The van der Waals surface area contributed by atoms with E-state index in [0.717, 1.165) is 18.7 Å². The van der Waals surface area contributed by atoms with E-state index < -0.39 is 0 Å². The molecule has 1 aromatic heterocycles. The molecule has 1 aliphatic rings. The number of carbonyl (C=O) groups excluding carboxylic acids is 1. The van der Waals surface area contributed by atoms with E-state index >= 15 is 0 Å². The molecule has 0 saturated carbocycles. The SMILES string of the molecule is CSCc1nnc(SC(C)C(=O)N2CCc3ccccc32)o1. The van der Waals surface area contributed by atoms with Gasteiger partial charge >= 0.3 is 0 Å². The van der Waals surface area contributed by atoms with Gasteiger partial charge in [-0.25, -0.2) is 0 Å². The lowest BCUT2D eigenvalue weighted by Crippen LogP contribution is -2.35. The number of hydrogen-bond donors (Lipinski definition) is 0.